The van der Waals surface area contributed by atoms with E-state index in [2.05, 4.69) is 4.98 Å². The van der Waals surface area contributed by atoms with Crippen LogP contribution in [0.15, 0.2) is 77.7 Å². The number of nitrogens with zero attached hydrogens (tertiary/aromatic N) is 1. The van der Waals surface area contributed by atoms with Crippen molar-refractivity contribution < 1.29 is 15.1 Å². The maximum atomic E-state index is 12.0. The van der Waals surface area contributed by atoms with Crippen molar-refractivity contribution in [3.05, 3.63) is 94.7 Å². The van der Waals surface area contributed by atoms with Crippen LogP contribution in [0.3, 0.4) is 0 Å². The lowest BCUT2D eigenvalue weighted by Gasteiger charge is -2.10. The number of nitrogens with one attached hydrogen (secondary N) is 2. The van der Waals surface area contributed by atoms with E-state index in [1.807, 2.05) is 66.7 Å². The Labute approximate surface area is 160 Å². The van der Waals surface area contributed by atoms with E-state index in [1.165, 1.54) is 10.8 Å². The van der Waals surface area contributed by atoms with Crippen molar-refractivity contribution in [1.29, 1.82) is 0 Å². The molecule has 0 aliphatic heterocycles. The van der Waals surface area contributed by atoms with E-state index in [0.29, 0.717) is 12.3 Å². The molecule has 4 N–H and O–H groups in total. The predicted octanol–water partition coefficient (Wildman–Crippen LogP) is 3.14. The number of benzene rings is 3. The molecule has 0 amide bonds. The number of ether oxygens (including phenoxy) is 1. The third kappa shape index (κ3) is 3.67. The number of aromatic nitrogens is 2. The highest BCUT2D eigenvalue weighted by Crippen LogP contribution is 2.29. The molecule has 4 rings (SSSR count). The number of aliphatic hydroxyl groups is 1. The van der Waals surface area contributed by atoms with Crippen LogP contribution in [0.1, 0.15) is 17.5 Å². The number of rotatable bonds is 6. The summed E-state index contributed by atoms with van der Waals surface area (Å²) in [5, 5.41) is 20.4. The molecule has 0 spiro atoms. The van der Waals surface area contributed by atoms with Gasteiger partial charge in [-0.15, -0.1) is 0 Å². The zero-order chi connectivity index (χ0) is 19.5. The first-order valence-corrected chi connectivity index (χ1v) is 8.75. The number of H-pyrrole nitrogens is 1. The van der Waals surface area contributed by atoms with Crippen molar-refractivity contribution in [2.24, 2.45) is 0 Å². The molecular formula is C21H19N3O4. The molecule has 7 nitrogen and oxygen atoms in total. The zero-order valence-electron chi connectivity index (χ0n) is 14.9. The molecule has 0 fully saturated rings. The fraction of sp³-hybridized carbons (Fsp3) is 0.0952. The van der Waals surface area contributed by atoms with Crippen molar-refractivity contribution >= 4 is 10.8 Å². The topological polar surface area (TPSA) is 99.5 Å². The van der Waals surface area contributed by atoms with E-state index in [4.69, 9.17) is 9.94 Å². The molecule has 0 aliphatic carbocycles. The first-order valence-electron chi connectivity index (χ1n) is 8.75. The number of hydrogen-bond donors (Lipinski definition) is 4. The van der Waals surface area contributed by atoms with E-state index in [1.54, 1.807) is 5.48 Å². The van der Waals surface area contributed by atoms with Gasteiger partial charge in [-0.2, -0.15) is 5.48 Å². The van der Waals surface area contributed by atoms with Crippen LogP contribution in [0, 0.1) is 0 Å². The van der Waals surface area contributed by atoms with Gasteiger partial charge in [0.05, 0.1) is 12.2 Å². The number of hydroxylamine groups is 1. The Bertz CT molecular complexity index is 1140. The fourth-order valence-corrected chi connectivity index (χ4v) is 3.05. The van der Waals surface area contributed by atoms with Crippen molar-refractivity contribution in [3.8, 4) is 11.5 Å². The highest BCUT2D eigenvalue weighted by molar-refractivity contribution is 5.88. The molecule has 0 radical (unpaired) electrons. The number of imidazole rings is 1. The molecular weight excluding hydrogens is 358 g/mol. The van der Waals surface area contributed by atoms with Gasteiger partial charge in [0.2, 0.25) is 0 Å². The molecule has 1 atom stereocenters. The van der Waals surface area contributed by atoms with Crippen LogP contribution in [0.2, 0.25) is 0 Å². The van der Waals surface area contributed by atoms with Crippen molar-refractivity contribution in [1.82, 2.24) is 15.0 Å². The quantitative estimate of drug-likeness (QED) is 0.306. The SMILES string of the molecule is O=c1[nH]c(C(O)NO)cn1Cc1ccc(Oc2cccc3ccccc23)cc1. The summed E-state index contributed by atoms with van der Waals surface area (Å²) in [5.41, 5.74) is 2.39. The minimum Gasteiger partial charge on any atom is -0.457 e. The molecule has 0 aliphatic rings. The number of fused-ring (bicyclic) bond motifs is 1. The molecule has 3 aromatic carbocycles. The van der Waals surface area contributed by atoms with Crippen LogP contribution in [0.4, 0.5) is 0 Å². The molecule has 1 aromatic heterocycles. The third-order valence-electron chi connectivity index (χ3n) is 4.48. The molecule has 0 saturated heterocycles. The highest BCUT2D eigenvalue weighted by Gasteiger charge is 2.11. The summed E-state index contributed by atoms with van der Waals surface area (Å²) in [6.45, 7) is 0.321. The minimum absolute atomic E-state index is 0.184. The van der Waals surface area contributed by atoms with Crippen molar-refractivity contribution in [2.45, 2.75) is 12.8 Å². The maximum absolute atomic E-state index is 12.0. The Morgan fingerprint density at radius 2 is 1.79 bits per heavy atom. The van der Waals surface area contributed by atoms with E-state index < -0.39 is 6.23 Å². The van der Waals surface area contributed by atoms with Gasteiger partial charge in [-0.1, -0.05) is 48.5 Å². The molecule has 28 heavy (non-hydrogen) atoms. The smallest absolute Gasteiger partial charge is 0.326 e. The summed E-state index contributed by atoms with van der Waals surface area (Å²) in [6.07, 6.45) is 0.113. The van der Waals surface area contributed by atoms with E-state index in [9.17, 15) is 9.90 Å². The number of aliphatic hydroxyl groups excluding tert-OH is 1. The Kier molecular flexibility index (Phi) is 4.94. The second-order valence-electron chi connectivity index (χ2n) is 6.40. The third-order valence-corrected chi connectivity index (χ3v) is 4.48. The van der Waals surface area contributed by atoms with Gasteiger partial charge in [-0.25, -0.2) is 4.79 Å². The standard InChI is InChI=1S/C21H19N3O4/c25-20(23-27)18-13-24(21(26)22-18)12-14-8-10-16(11-9-14)28-19-7-3-5-15-4-1-2-6-17(15)19/h1-11,13,20,23,25,27H,12H2,(H,22,26). The summed E-state index contributed by atoms with van der Waals surface area (Å²) < 4.78 is 7.44. The summed E-state index contributed by atoms with van der Waals surface area (Å²) >= 11 is 0. The van der Waals surface area contributed by atoms with Crippen LogP contribution in [-0.2, 0) is 6.54 Å². The lowest BCUT2D eigenvalue weighted by molar-refractivity contribution is -0.00174. The van der Waals surface area contributed by atoms with Crippen LogP contribution >= 0.6 is 0 Å². The second kappa shape index (κ2) is 7.69. The van der Waals surface area contributed by atoms with Crippen molar-refractivity contribution in [3.63, 3.8) is 0 Å². The monoisotopic (exact) mass is 377 g/mol. The Hall–Kier alpha value is -3.39. The number of hydrogen-bond acceptors (Lipinski definition) is 5. The predicted molar refractivity (Wildman–Crippen MR) is 105 cm³/mol. The summed E-state index contributed by atoms with van der Waals surface area (Å²) in [7, 11) is 0. The number of aromatic amines is 1. The van der Waals surface area contributed by atoms with Crippen LogP contribution in [0.5, 0.6) is 11.5 Å². The van der Waals surface area contributed by atoms with E-state index in [0.717, 1.165) is 22.1 Å². The molecule has 1 heterocycles. The largest absolute Gasteiger partial charge is 0.457 e. The normalized spacial score (nSPS) is 12.2. The molecule has 0 bridgehead atoms. The first-order chi connectivity index (χ1) is 13.6. The lowest BCUT2D eigenvalue weighted by atomic mass is 10.1. The van der Waals surface area contributed by atoms with Crippen LogP contribution in [-0.4, -0.2) is 19.9 Å². The van der Waals surface area contributed by atoms with Gasteiger partial charge < -0.3 is 20.0 Å². The summed E-state index contributed by atoms with van der Waals surface area (Å²) in [5.74, 6) is 1.48. The van der Waals surface area contributed by atoms with Crippen molar-refractivity contribution in [2.75, 3.05) is 0 Å². The second-order valence-corrected chi connectivity index (χ2v) is 6.40. The van der Waals surface area contributed by atoms with Gasteiger partial charge >= 0.3 is 5.69 Å². The van der Waals surface area contributed by atoms with Gasteiger partial charge in [0, 0.05) is 11.6 Å². The van der Waals surface area contributed by atoms with Gasteiger partial charge in [0.15, 0.2) is 6.23 Å². The van der Waals surface area contributed by atoms with Gasteiger partial charge in [0.1, 0.15) is 11.5 Å². The van der Waals surface area contributed by atoms with E-state index in [-0.39, 0.29) is 11.4 Å². The van der Waals surface area contributed by atoms with Gasteiger partial charge in [0.25, 0.3) is 0 Å². The Balaban J connectivity index is 1.51. The average Bonchev–Trinajstić information content (AvgIpc) is 3.09. The van der Waals surface area contributed by atoms with Gasteiger partial charge in [-0.3, -0.25) is 4.57 Å². The zero-order valence-corrected chi connectivity index (χ0v) is 14.9. The average molecular weight is 377 g/mol. The lowest BCUT2D eigenvalue weighted by Crippen LogP contribution is -2.18. The molecule has 142 valence electrons. The molecule has 1 unspecified atom stereocenters. The maximum Gasteiger partial charge on any atom is 0.326 e. The molecule has 0 saturated carbocycles. The molecule has 4 aromatic rings. The molecule has 7 heteroatoms. The van der Waals surface area contributed by atoms with E-state index >= 15 is 0 Å². The highest BCUT2D eigenvalue weighted by atomic mass is 16.5. The van der Waals surface area contributed by atoms with Gasteiger partial charge in [-0.05, 0) is 29.1 Å². The Morgan fingerprint density at radius 1 is 1.04 bits per heavy atom. The minimum atomic E-state index is -1.34. The summed E-state index contributed by atoms with van der Waals surface area (Å²) in [4.78, 5) is 14.4. The first kappa shape index (κ1) is 18.0. The Morgan fingerprint density at radius 3 is 2.57 bits per heavy atom. The van der Waals surface area contributed by atoms with Crippen LogP contribution in [0.25, 0.3) is 10.8 Å². The summed E-state index contributed by atoms with van der Waals surface area (Å²) in [6, 6.07) is 21.4. The fourth-order valence-electron chi connectivity index (χ4n) is 3.05. The van der Waals surface area contributed by atoms with Crippen LogP contribution < -0.4 is 15.9 Å².